The van der Waals surface area contributed by atoms with Crippen LogP contribution < -0.4 is 0 Å². The summed E-state index contributed by atoms with van der Waals surface area (Å²) in [5.41, 5.74) is 0. The third-order valence-corrected chi connectivity index (χ3v) is 5.13. The van der Waals surface area contributed by atoms with Gasteiger partial charge in [0.05, 0.1) is 0 Å². The first-order valence-corrected chi connectivity index (χ1v) is 7.44. The molecule has 0 nitrogen and oxygen atoms in total. The molecule has 0 amide bonds. The van der Waals surface area contributed by atoms with Crippen LogP contribution in [0, 0.1) is 0 Å². The highest BCUT2D eigenvalue weighted by Gasteiger charge is 2.09. The zero-order valence-electron chi connectivity index (χ0n) is 9.48. The molecule has 0 aliphatic heterocycles. The number of fused-ring (bicyclic) bond motifs is 5. The van der Waals surface area contributed by atoms with Gasteiger partial charge in [-0.15, -0.1) is 11.3 Å². The van der Waals surface area contributed by atoms with Gasteiger partial charge < -0.3 is 0 Å². The summed E-state index contributed by atoms with van der Waals surface area (Å²) >= 11 is 5.56. The number of halogens is 1. The van der Waals surface area contributed by atoms with E-state index in [2.05, 4.69) is 70.5 Å². The molecule has 1 heterocycles. The molecule has 4 rings (SSSR count). The van der Waals surface area contributed by atoms with E-state index in [0.717, 1.165) is 0 Å². The van der Waals surface area contributed by atoms with E-state index in [-0.39, 0.29) is 0 Å². The minimum Gasteiger partial charge on any atom is -0.135 e. The number of hydrogen-bond acceptors (Lipinski definition) is 1. The Hall–Kier alpha value is -1.38. The predicted molar refractivity (Wildman–Crippen MR) is 84.5 cm³/mol. The average Bonchev–Trinajstić information content (AvgIpc) is 2.77. The first kappa shape index (κ1) is 10.5. The van der Waals surface area contributed by atoms with Crippen LogP contribution in [0.2, 0.25) is 0 Å². The smallest absolute Gasteiger partial charge is 0.0362 e. The van der Waals surface area contributed by atoms with Crippen LogP contribution in [0.15, 0.2) is 59.1 Å². The number of benzene rings is 3. The van der Waals surface area contributed by atoms with Crippen LogP contribution in [-0.2, 0) is 0 Å². The number of hydrogen-bond donors (Lipinski definition) is 0. The van der Waals surface area contributed by atoms with Gasteiger partial charge in [-0.25, -0.2) is 0 Å². The lowest BCUT2D eigenvalue weighted by Gasteiger charge is -2.03. The summed E-state index contributed by atoms with van der Waals surface area (Å²) in [6.45, 7) is 0. The Morgan fingerprint density at radius 1 is 0.722 bits per heavy atom. The molecule has 0 aliphatic carbocycles. The molecule has 4 aromatic rings. The van der Waals surface area contributed by atoms with Crippen LogP contribution in [0.4, 0.5) is 0 Å². The van der Waals surface area contributed by atoms with Gasteiger partial charge in [0.25, 0.3) is 0 Å². The van der Waals surface area contributed by atoms with Crippen molar-refractivity contribution in [3.8, 4) is 0 Å². The van der Waals surface area contributed by atoms with Gasteiger partial charge in [-0.1, -0.05) is 52.3 Å². The Kier molecular flexibility index (Phi) is 2.23. The molecule has 18 heavy (non-hydrogen) atoms. The molecule has 0 radical (unpaired) electrons. The topological polar surface area (TPSA) is 0 Å². The Morgan fingerprint density at radius 3 is 2.56 bits per heavy atom. The fourth-order valence-corrected chi connectivity index (χ4v) is 4.24. The molecular weight excluding hydrogens is 304 g/mol. The van der Waals surface area contributed by atoms with Crippen molar-refractivity contribution in [1.82, 2.24) is 0 Å². The minimum absolute atomic E-state index is 1.18. The summed E-state index contributed by atoms with van der Waals surface area (Å²) < 4.78 is 3.89. The van der Waals surface area contributed by atoms with E-state index in [9.17, 15) is 0 Å². The molecule has 0 spiro atoms. The fourth-order valence-electron chi connectivity index (χ4n) is 2.55. The van der Waals surface area contributed by atoms with Crippen LogP contribution in [0.3, 0.4) is 0 Å². The van der Waals surface area contributed by atoms with Crippen molar-refractivity contribution in [3.05, 3.63) is 59.1 Å². The van der Waals surface area contributed by atoms with Gasteiger partial charge in [0, 0.05) is 30.0 Å². The lowest BCUT2D eigenvalue weighted by atomic mass is 10.0. The van der Waals surface area contributed by atoms with E-state index >= 15 is 0 Å². The molecule has 2 heteroatoms. The highest BCUT2D eigenvalue weighted by atomic mass is 79.9. The molecule has 86 valence electrons. The quantitative estimate of drug-likeness (QED) is 0.375. The van der Waals surface area contributed by atoms with Crippen molar-refractivity contribution < 1.29 is 0 Å². The Balaban J connectivity index is 2.40. The zero-order chi connectivity index (χ0) is 12.1. The molecule has 0 N–H and O–H groups in total. The molecule has 0 saturated heterocycles. The predicted octanol–water partition coefficient (Wildman–Crippen LogP) is 5.97. The van der Waals surface area contributed by atoms with E-state index in [0.29, 0.717) is 0 Å². The van der Waals surface area contributed by atoms with Crippen molar-refractivity contribution in [2.75, 3.05) is 0 Å². The van der Waals surface area contributed by atoms with E-state index in [4.69, 9.17) is 0 Å². The largest absolute Gasteiger partial charge is 0.135 e. The Labute approximate surface area is 117 Å². The van der Waals surface area contributed by atoms with Gasteiger partial charge in [-0.2, -0.15) is 0 Å². The lowest BCUT2D eigenvalue weighted by Crippen LogP contribution is -1.76. The maximum atomic E-state index is 3.69. The van der Waals surface area contributed by atoms with Crippen molar-refractivity contribution in [2.24, 2.45) is 0 Å². The third kappa shape index (κ3) is 1.36. The standard InChI is InChI=1S/C16H9BrS/c17-12-6-3-4-10-8-9-14-16(15(10)12)11-5-1-2-7-13(11)18-14/h1-9H. The maximum Gasteiger partial charge on any atom is 0.0362 e. The fraction of sp³-hybridized carbons (Fsp3) is 0. The van der Waals surface area contributed by atoms with Crippen molar-refractivity contribution >= 4 is 58.2 Å². The van der Waals surface area contributed by atoms with E-state index < -0.39 is 0 Å². The van der Waals surface area contributed by atoms with Crippen molar-refractivity contribution in [1.29, 1.82) is 0 Å². The Morgan fingerprint density at radius 2 is 1.61 bits per heavy atom. The van der Waals surface area contributed by atoms with E-state index in [1.54, 1.807) is 0 Å². The summed E-state index contributed by atoms with van der Waals surface area (Å²) in [5, 5.41) is 5.35. The highest BCUT2D eigenvalue weighted by molar-refractivity contribution is 9.10. The van der Waals surface area contributed by atoms with Gasteiger partial charge in [-0.05, 0) is 23.6 Å². The second-order valence-corrected chi connectivity index (χ2v) is 6.31. The summed E-state index contributed by atoms with van der Waals surface area (Å²) in [7, 11) is 0. The first-order chi connectivity index (χ1) is 8.84. The summed E-state index contributed by atoms with van der Waals surface area (Å²) in [6.07, 6.45) is 0. The molecule has 3 aromatic carbocycles. The van der Waals surface area contributed by atoms with Crippen molar-refractivity contribution in [3.63, 3.8) is 0 Å². The molecule has 0 atom stereocenters. The van der Waals surface area contributed by atoms with Gasteiger partial charge in [-0.3, -0.25) is 0 Å². The number of thiophene rings is 1. The van der Waals surface area contributed by atoms with Crippen LogP contribution in [0.1, 0.15) is 0 Å². The Bertz CT molecular complexity index is 889. The summed E-state index contributed by atoms with van der Waals surface area (Å²) in [6, 6.07) is 19.5. The van der Waals surface area contributed by atoms with Crippen LogP contribution >= 0.6 is 27.3 Å². The monoisotopic (exact) mass is 312 g/mol. The highest BCUT2D eigenvalue weighted by Crippen LogP contribution is 2.40. The SMILES string of the molecule is Brc1cccc2ccc3sc4ccccc4c3c12. The minimum atomic E-state index is 1.18. The van der Waals surface area contributed by atoms with Gasteiger partial charge >= 0.3 is 0 Å². The molecule has 1 aromatic heterocycles. The summed E-state index contributed by atoms with van der Waals surface area (Å²) in [4.78, 5) is 0. The lowest BCUT2D eigenvalue weighted by molar-refractivity contribution is 1.76. The molecule has 0 saturated carbocycles. The van der Waals surface area contributed by atoms with E-state index in [1.165, 1.54) is 35.4 Å². The van der Waals surface area contributed by atoms with E-state index in [1.807, 2.05) is 11.3 Å². The molecule has 0 aliphatic rings. The van der Waals surface area contributed by atoms with Crippen LogP contribution in [0.5, 0.6) is 0 Å². The van der Waals surface area contributed by atoms with Gasteiger partial charge in [0.15, 0.2) is 0 Å². The molecule has 0 bridgehead atoms. The first-order valence-electron chi connectivity index (χ1n) is 5.83. The molecular formula is C16H9BrS. The summed E-state index contributed by atoms with van der Waals surface area (Å²) in [5.74, 6) is 0. The van der Waals surface area contributed by atoms with Gasteiger partial charge in [0.2, 0.25) is 0 Å². The second-order valence-electron chi connectivity index (χ2n) is 4.37. The number of rotatable bonds is 0. The third-order valence-electron chi connectivity index (χ3n) is 3.33. The normalized spacial score (nSPS) is 11.6. The van der Waals surface area contributed by atoms with Gasteiger partial charge in [0.1, 0.15) is 0 Å². The average molecular weight is 313 g/mol. The molecule has 0 fully saturated rings. The van der Waals surface area contributed by atoms with Crippen molar-refractivity contribution in [2.45, 2.75) is 0 Å². The second kappa shape index (κ2) is 3.81. The maximum absolute atomic E-state index is 3.69. The zero-order valence-corrected chi connectivity index (χ0v) is 11.9. The molecule has 0 unspecified atom stereocenters. The van der Waals surface area contributed by atoms with Crippen LogP contribution in [0.25, 0.3) is 30.9 Å². The van der Waals surface area contributed by atoms with Crippen LogP contribution in [-0.4, -0.2) is 0 Å².